The largest absolute Gasteiger partial charge is 0.491 e. The van der Waals surface area contributed by atoms with Crippen LogP contribution in [0.4, 0.5) is 0 Å². The van der Waals surface area contributed by atoms with Gasteiger partial charge in [0.1, 0.15) is 18.5 Å². The second-order valence-electron chi connectivity index (χ2n) is 9.74. The topological polar surface area (TPSA) is 74.7 Å². The van der Waals surface area contributed by atoms with Gasteiger partial charge in [0, 0.05) is 62.9 Å². The highest BCUT2D eigenvalue weighted by Crippen LogP contribution is 2.16. The van der Waals surface area contributed by atoms with Gasteiger partial charge in [0.15, 0.2) is 0 Å². The van der Waals surface area contributed by atoms with Crippen molar-refractivity contribution in [2.75, 3.05) is 78.8 Å². The van der Waals surface area contributed by atoms with Gasteiger partial charge >= 0.3 is 0 Å². The molecule has 1 amide bonds. The predicted octanol–water partition coefficient (Wildman–Crippen LogP) is 2.56. The van der Waals surface area contributed by atoms with Crippen molar-refractivity contribution in [2.45, 2.75) is 19.1 Å². The molecule has 202 valence electrons. The van der Waals surface area contributed by atoms with Crippen molar-refractivity contribution in [3.63, 3.8) is 0 Å². The molecule has 2 aliphatic rings. The number of rotatable bonds is 11. The van der Waals surface area contributed by atoms with Gasteiger partial charge in [-0.2, -0.15) is 0 Å². The number of nitrogens with zero attached hydrogens (tertiary/aromatic N) is 3. The van der Waals surface area contributed by atoms with Gasteiger partial charge in [-0.05, 0) is 43.3 Å². The van der Waals surface area contributed by atoms with E-state index < -0.39 is 6.10 Å². The van der Waals surface area contributed by atoms with E-state index in [0.29, 0.717) is 49.1 Å². The Labute approximate surface area is 224 Å². The van der Waals surface area contributed by atoms with Crippen LogP contribution in [0.15, 0.2) is 48.5 Å². The summed E-state index contributed by atoms with van der Waals surface area (Å²) in [5.41, 5.74) is 1.82. The van der Waals surface area contributed by atoms with Crippen molar-refractivity contribution < 1.29 is 24.1 Å². The first-order chi connectivity index (χ1) is 18.0. The number of hydrogen-bond acceptors (Lipinski definition) is 7. The van der Waals surface area contributed by atoms with E-state index >= 15 is 0 Å². The molecule has 0 saturated carbocycles. The lowest BCUT2D eigenvalue weighted by Gasteiger charge is -2.37. The molecule has 2 atom stereocenters. The first kappa shape index (κ1) is 27.8. The molecule has 0 spiro atoms. The van der Waals surface area contributed by atoms with Crippen LogP contribution in [0.1, 0.15) is 15.9 Å². The minimum Gasteiger partial charge on any atom is -0.491 e. The Hall–Kier alpha value is -2.20. The maximum atomic E-state index is 13.5. The van der Waals surface area contributed by atoms with E-state index in [1.807, 2.05) is 36.1 Å². The number of ether oxygens (including phenoxy) is 3. The Morgan fingerprint density at radius 3 is 2.51 bits per heavy atom. The third kappa shape index (κ3) is 8.95. The monoisotopic (exact) mass is 531 g/mol. The average Bonchev–Trinajstić information content (AvgIpc) is 2.91. The van der Waals surface area contributed by atoms with Crippen molar-refractivity contribution in [3.8, 4) is 5.75 Å². The highest BCUT2D eigenvalue weighted by molar-refractivity contribution is 6.30. The number of benzene rings is 2. The fourth-order valence-electron chi connectivity index (χ4n) is 4.62. The normalized spacial score (nSPS) is 19.9. The van der Waals surface area contributed by atoms with Crippen molar-refractivity contribution >= 4 is 17.5 Å². The number of β-amino-alcohol motifs (C(OH)–C–C–N with tert-alkyl or cyclic N) is 1. The van der Waals surface area contributed by atoms with Crippen molar-refractivity contribution in [3.05, 3.63) is 64.7 Å². The molecule has 37 heavy (non-hydrogen) atoms. The number of aliphatic hydroxyl groups excluding tert-OH is 1. The minimum atomic E-state index is -0.638. The molecule has 0 aliphatic carbocycles. The summed E-state index contributed by atoms with van der Waals surface area (Å²) in [4.78, 5) is 19.9. The third-order valence-corrected chi connectivity index (χ3v) is 7.00. The van der Waals surface area contributed by atoms with Crippen LogP contribution in [-0.4, -0.2) is 117 Å². The lowest BCUT2D eigenvalue weighted by atomic mass is 10.1. The molecule has 2 saturated heterocycles. The Morgan fingerprint density at radius 1 is 1.08 bits per heavy atom. The van der Waals surface area contributed by atoms with Gasteiger partial charge in [-0.25, -0.2) is 0 Å². The van der Waals surface area contributed by atoms with E-state index in [2.05, 4.69) is 9.80 Å². The molecule has 2 aliphatic heterocycles. The van der Waals surface area contributed by atoms with Crippen LogP contribution >= 0.6 is 11.6 Å². The summed E-state index contributed by atoms with van der Waals surface area (Å²) in [6.07, 6.45) is -0.765. The van der Waals surface area contributed by atoms with Gasteiger partial charge in [-0.3, -0.25) is 14.6 Å². The van der Waals surface area contributed by atoms with Crippen molar-refractivity contribution in [2.24, 2.45) is 0 Å². The number of morpholine rings is 2. The Morgan fingerprint density at radius 2 is 1.78 bits per heavy atom. The molecule has 2 fully saturated rings. The van der Waals surface area contributed by atoms with Gasteiger partial charge in [0.25, 0.3) is 5.91 Å². The molecule has 2 heterocycles. The molecule has 2 unspecified atom stereocenters. The van der Waals surface area contributed by atoms with Crippen LogP contribution in [0, 0.1) is 6.92 Å². The molecule has 2 aromatic rings. The molecule has 4 rings (SSSR count). The number of halogens is 1. The maximum Gasteiger partial charge on any atom is 0.253 e. The summed E-state index contributed by atoms with van der Waals surface area (Å²) in [7, 11) is 0. The number of carbonyl (C=O) groups excluding carboxylic acids is 1. The standard InChI is InChI=1S/C28H38ClN3O5/c1-22-2-4-23(5-3-22)28(34)32(11-10-30-12-15-35-16-13-30)20-27-19-31(14-17-36-27)18-25(33)21-37-26-8-6-24(29)7-9-26/h2-9,25,27,33H,10-21H2,1H3. The van der Waals surface area contributed by atoms with Crippen LogP contribution in [-0.2, 0) is 9.47 Å². The zero-order chi connectivity index (χ0) is 26.0. The highest BCUT2D eigenvalue weighted by Gasteiger charge is 2.27. The van der Waals surface area contributed by atoms with E-state index in [0.717, 1.165) is 45.0 Å². The van der Waals surface area contributed by atoms with Crippen LogP contribution in [0.25, 0.3) is 0 Å². The fraction of sp³-hybridized carbons (Fsp3) is 0.536. The van der Waals surface area contributed by atoms with E-state index in [9.17, 15) is 9.90 Å². The molecule has 8 nitrogen and oxygen atoms in total. The molecular weight excluding hydrogens is 494 g/mol. The molecule has 9 heteroatoms. The minimum absolute atomic E-state index is 0.0189. The Balaban J connectivity index is 1.31. The number of hydrogen-bond donors (Lipinski definition) is 1. The number of carbonyl (C=O) groups is 1. The third-order valence-electron chi connectivity index (χ3n) is 6.75. The summed E-state index contributed by atoms with van der Waals surface area (Å²) < 4.78 is 17.2. The van der Waals surface area contributed by atoms with E-state index in [1.54, 1.807) is 24.3 Å². The summed E-state index contributed by atoms with van der Waals surface area (Å²) in [5.74, 6) is 0.694. The molecule has 0 aromatic heterocycles. The van der Waals surface area contributed by atoms with E-state index in [4.69, 9.17) is 25.8 Å². The van der Waals surface area contributed by atoms with E-state index in [1.165, 1.54) is 0 Å². The quantitative estimate of drug-likeness (QED) is 0.477. The van der Waals surface area contributed by atoms with Gasteiger partial charge < -0.3 is 24.2 Å². The first-order valence-corrected chi connectivity index (χ1v) is 13.4. The fourth-order valence-corrected chi connectivity index (χ4v) is 4.74. The molecular formula is C28H38ClN3O5. The first-order valence-electron chi connectivity index (χ1n) is 13.0. The van der Waals surface area contributed by atoms with Gasteiger partial charge in [-0.1, -0.05) is 29.3 Å². The molecule has 0 bridgehead atoms. The zero-order valence-electron chi connectivity index (χ0n) is 21.6. The second-order valence-corrected chi connectivity index (χ2v) is 10.2. The molecule has 1 N–H and O–H groups in total. The zero-order valence-corrected chi connectivity index (χ0v) is 22.3. The average molecular weight is 532 g/mol. The number of amides is 1. The molecule has 0 radical (unpaired) electrons. The van der Waals surface area contributed by atoms with Crippen molar-refractivity contribution in [1.29, 1.82) is 0 Å². The van der Waals surface area contributed by atoms with Crippen molar-refractivity contribution in [1.82, 2.24) is 14.7 Å². The van der Waals surface area contributed by atoms with E-state index in [-0.39, 0.29) is 18.6 Å². The highest BCUT2D eigenvalue weighted by atomic mass is 35.5. The number of aliphatic hydroxyl groups is 1. The summed E-state index contributed by atoms with van der Waals surface area (Å²) >= 11 is 5.92. The maximum absolute atomic E-state index is 13.5. The lowest BCUT2D eigenvalue weighted by Crippen LogP contribution is -2.52. The second kappa shape index (κ2) is 14.1. The van der Waals surface area contributed by atoms with Crippen LogP contribution in [0.3, 0.4) is 0 Å². The summed E-state index contributed by atoms with van der Waals surface area (Å²) in [5, 5.41) is 11.2. The van der Waals surface area contributed by atoms with Gasteiger partial charge in [0.05, 0.1) is 25.9 Å². The summed E-state index contributed by atoms with van der Waals surface area (Å²) in [6, 6.07) is 14.8. The lowest BCUT2D eigenvalue weighted by molar-refractivity contribution is -0.0545. The van der Waals surface area contributed by atoms with Crippen LogP contribution in [0.2, 0.25) is 5.02 Å². The predicted molar refractivity (Wildman–Crippen MR) is 143 cm³/mol. The Bertz CT molecular complexity index is 969. The summed E-state index contributed by atoms with van der Waals surface area (Å²) in [6.45, 7) is 9.80. The number of aryl methyl sites for hydroxylation is 1. The van der Waals surface area contributed by atoms with Gasteiger partial charge in [-0.15, -0.1) is 0 Å². The van der Waals surface area contributed by atoms with Crippen LogP contribution in [0.5, 0.6) is 5.75 Å². The Kier molecular flexibility index (Phi) is 10.6. The molecule has 2 aromatic carbocycles. The van der Waals surface area contributed by atoms with Crippen LogP contribution < -0.4 is 4.74 Å². The van der Waals surface area contributed by atoms with Gasteiger partial charge in [0.2, 0.25) is 0 Å². The SMILES string of the molecule is Cc1ccc(C(=O)N(CCN2CCOCC2)CC2CN(CC(O)COc3ccc(Cl)cc3)CCO2)cc1. The smallest absolute Gasteiger partial charge is 0.253 e.